The van der Waals surface area contributed by atoms with Crippen LogP contribution in [0.1, 0.15) is 58.2 Å². The van der Waals surface area contributed by atoms with E-state index in [1.807, 2.05) is 6.92 Å². The summed E-state index contributed by atoms with van der Waals surface area (Å²) >= 11 is 0. The Hall–Kier alpha value is -3.16. The van der Waals surface area contributed by atoms with Crippen LogP contribution in [0.25, 0.3) is 22.2 Å². The molecule has 5 N–H and O–H groups in total. The Morgan fingerprint density at radius 2 is 1.95 bits per heavy atom. The number of aliphatic hydroxyl groups is 2. The van der Waals surface area contributed by atoms with Crippen LogP contribution in [0, 0.1) is 5.92 Å². The summed E-state index contributed by atoms with van der Waals surface area (Å²) in [6.45, 7) is 9.15. The SMILES string of the molecule is CC1O[C@H]2[C@@H](O)[C@H](n3cnc4c(N)ncnc43)O[C@@H]2CN1[C@@H]1C[C@H](CCc2nc3ccc(C(C)(C)C)cc3[nH]2)C1O. The molecule has 1 aliphatic carbocycles. The molecule has 1 saturated carbocycles. The molecule has 1 aromatic carbocycles. The van der Waals surface area contributed by atoms with Gasteiger partial charge in [-0.05, 0) is 48.8 Å². The van der Waals surface area contributed by atoms with E-state index in [-0.39, 0.29) is 35.5 Å². The van der Waals surface area contributed by atoms with Gasteiger partial charge >= 0.3 is 0 Å². The van der Waals surface area contributed by atoms with E-state index in [2.05, 4.69) is 63.8 Å². The summed E-state index contributed by atoms with van der Waals surface area (Å²) in [5.41, 5.74) is 10.3. The van der Waals surface area contributed by atoms with Crippen LogP contribution in [0.4, 0.5) is 5.82 Å². The smallest absolute Gasteiger partial charge is 0.167 e. The molecule has 2 aliphatic heterocycles. The highest BCUT2D eigenvalue weighted by Gasteiger charge is 2.54. The number of nitrogens with two attached hydrogens (primary N) is 1. The van der Waals surface area contributed by atoms with Crippen LogP contribution < -0.4 is 5.73 Å². The van der Waals surface area contributed by atoms with Gasteiger partial charge in [-0.1, -0.05) is 26.8 Å². The van der Waals surface area contributed by atoms with E-state index in [0.29, 0.717) is 17.7 Å². The summed E-state index contributed by atoms with van der Waals surface area (Å²) in [4.78, 5) is 23.0. The number of H-pyrrole nitrogens is 1. The number of anilines is 1. The first-order valence-electron chi connectivity index (χ1n) is 14.4. The molecule has 3 aliphatic rings. The summed E-state index contributed by atoms with van der Waals surface area (Å²) in [7, 11) is 0. The number of benzene rings is 1. The van der Waals surface area contributed by atoms with Crippen molar-refractivity contribution in [1.82, 2.24) is 34.4 Å². The van der Waals surface area contributed by atoms with Crippen LogP contribution in [-0.4, -0.2) is 87.8 Å². The van der Waals surface area contributed by atoms with E-state index in [9.17, 15) is 10.2 Å². The molecule has 7 rings (SSSR count). The minimum absolute atomic E-state index is 0.0256. The van der Waals surface area contributed by atoms with Gasteiger partial charge in [0.15, 0.2) is 17.7 Å². The first-order valence-corrected chi connectivity index (χ1v) is 14.4. The van der Waals surface area contributed by atoms with Crippen molar-refractivity contribution in [2.45, 2.75) is 95.3 Å². The highest BCUT2D eigenvalue weighted by Crippen LogP contribution is 2.42. The molecule has 8 atom stereocenters. The molecule has 41 heavy (non-hydrogen) atoms. The number of nitrogen functional groups attached to an aromatic ring is 1. The van der Waals surface area contributed by atoms with Gasteiger partial charge in [-0.3, -0.25) is 9.47 Å². The Balaban J connectivity index is 0.984. The fraction of sp³-hybridized carbons (Fsp3) is 0.586. The van der Waals surface area contributed by atoms with Crippen molar-refractivity contribution in [3.8, 4) is 0 Å². The zero-order valence-corrected chi connectivity index (χ0v) is 23.8. The predicted octanol–water partition coefficient (Wildman–Crippen LogP) is 2.27. The monoisotopic (exact) mass is 562 g/mol. The number of rotatable bonds is 5. The lowest BCUT2D eigenvalue weighted by Gasteiger charge is -2.52. The zero-order chi connectivity index (χ0) is 28.6. The number of ether oxygens (including phenoxy) is 2. The fourth-order valence-electron chi connectivity index (χ4n) is 6.68. The molecule has 0 spiro atoms. The quantitative estimate of drug-likeness (QED) is 0.284. The van der Waals surface area contributed by atoms with Crippen LogP contribution >= 0.6 is 0 Å². The van der Waals surface area contributed by atoms with Crippen LogP contribution in [0.15, 0.2) is 30.9 Å². The zero-order valence-electron chi connectivity index (χ0n) is 23.8. The number of aromatic amines is 1. The predicted molar refractivity (Wildman–Crippen MR) is 152 cm³/mol. The van der Waals surface area contributed by atoms with Crippen LogP contribution in [0.3, 0.4) is 0 Å². The Labute approximate surface area is 237 Å². The second kappa shape index (κ2) is 9.70. The van der Waals surface area contributed by atoms with Gasteiger partial charge < -0.3 is 30.4 Å². The van der Waals surface area contributed by atoms with Crippen molar-refractivity contribution in [3.05, 3.63) is 42.2 Å². The van der Waals surface area contributed by atoms with E-state index in [1.165, 1.54) is 11.9 Å². The van der Waals surface area contributed by atoms with Crippen molar-refractivity contribution < 1.29 is 19.7 Å². The maximum absolute atomic E-state index is 11.2. The number of aryl methyl sites for hydroxylation is 1. The molecule has 2 unspecified atom stereocenters. The summed E-state index contributed by atoms with van der Waals surface area (Å²) in [6, 6.07) is 6.40. The number of nitrogens with one attached hydrogen (secondary N) is 1. The van der Waals surface area contributed by atoms with Gasteiger partial charge in [0.25, 0.3) is 0 Å². The average molecular weight is 563 g/mol. The third kappa shape index (κ3) is 4.49. The Kier molecular flexibility index (Phi) is 6.32. The van der Waals surface area contributed by atoms with Gasteiger partial charge in [0.2, 0.25) is 0 Å². The third-order valence-electron chi connectivity index (χ3n) is 9.18. The largest absolute Gasteiger partial charge is 0.391 e. The maximum atomic E-state index is 11.2. The van der Waals surface area contributed by atoms with Gasteiger partial charge in [0.1, 0.15) is 42.2 Å². The van der Waals surface area contributed by atoms with E-state index in [0.717, 1.165) is 36.1 Å². The van der Waals surface area contributed by atoms with Crippen molar-refractivity contribution in [1.29, 1.82) is 0 Å². The number of imidazole rings is 2. The number of hydrogen-bond donors (Lipinski definition) is 4. The van der Waals surface area contributed by atoms with Gasteiger partial charge in [0, 0.05) is 19.0 Å². The van der Waals surface area contributed by atoms with Crippen molar-refractivity contribution >= 4 is 28.0 Å². The first kappa shape index (κ1) is 26.7. The highest BCUT2D eigenvalue weighted by atomic mass is 16.6. The number of aromatic nitrogens is 6. The minimum atomic E-state index is -0.902. The highest BCUT2D eigenvalue weighted by molar-refractivity contribution is 5.81. The number of nitrogens with zero attached hydrogens (tertiary/aromatic N) is 6. The molecular formula is C29H38N8O4. The van der Waals surface area contributed by atoms with Gasteiger partial charge in [-0.2, -0.15) is 0 Å². The van der Waals surface area contributed by atoms with E-state index in [4.69, 9.17) is 20.2 Å². The summed E-state index contributed by atoms with van der Waals surface area (Å²) < 4.78 is 14.3. The minimum Gasteiger partial charge on any atom is -0.391 e. The number of aliphatic hydroxyl groups excluding tert-OH is 2. The summed E-state index contributed by atoms with van der Waals surface area (Å²) in [5, 5.41) is 22.3. The van der Waals surface area contributed by atoms with Crippen LogP contribution in [0.5, 0.6) is 0 Å². The molecule has 3 aromatic heterocycles. The Morgan fingerprint density at radius 1 is 1.12 bits per heavy atom. The normalized spacial score (nSPS) is 32.4. The molecule has 5 heterocycles. The molecule has 2 saturated heterocycles. The summed E-state index contributed by atoms with van der Waals surface area (Å²) in [6.07, 6.45) is 2.25. The maximum Gasteiger partial charge on any atom is 0.167 e. The lowest BCUT2D eigenvalue weighted by Crippen LogP contribution is -2.64. The Bertz CT molecular complexity index is 1580. The third-order valence-corrected chi connectivity index (χ3v) is 9.18. The van der Waals surface area contributed by atoms with E-state index in [1.54, 1.807) is 10.9 Å². The second-order valence-corrected chi connectivity index (χ2v) is 12.8. The topological polar surface area (TPSA) is 160 Å². The van der Waals surface area contributed by atoms with Crippen molar-refractivity contribution in [2.24, 2.45) is 5.92 Å². The van der Waals surface area contributed by atoms with Crippen LogP contribution in [-0.2, 0) is 21.3 Å². The number of fused-ring (bicyclic) bond motifs is 3. The molecule has 0 amide bonds. The molecule has 12 nitrogen and oxygen atoms in total. The van der Waals surface area contributed by atoms with Gasteiger partial charge in [0.05, 0.1) is 23.5 Å². The van der Waals surface area contributed by atoms with Crippen LogP contribution in [0.2, 0.25) is 0 Å². The fourth-order valence-corrected chi connectivity index (χ4v) is 6.68. The molecule has 4 aromatic rings. The lowest BCUT2D eigenvalue weighted by atomic mass is 9.73. The first-order chi connectivity index (χ1) is 19.6. The van der Waals surface area contributed by atoms with Gasteiger partial charge in [-0.25, -0.2) is 19.9 Å². The molecule has 0 bridgehead atoms. The molecular weight excluding hydrogens is 524 g/mol. The number of hydrogen-bond acceptors (Lipinski definition) is 10. The average Bonchev–Trinajstić information content (AvgIpc) is 3.63. The molecule has 12 heteroatoms. The Morgan fingerprint density at radius 3 is 2.73 bits per heavy atom. The van der Waals surface area contributed by atoms with Crippen molar-refractivity contribution in [2.75, 3.05) is 12.3 Å². The van der Waals surface area contributed by atoms with E-state index >= 15 is 0 Å². The standard InChI is InChI=1S/C29H38N8O4/c1-14-36(11-20-25(40-14)24(39)28(41-20)37-13-33-22-26(30)31-12-32-27(22)37)19-9-15(23(19)38)5-8-21-34-17-7-6-16(29(2,3)4)10-18(17)35-21/h6-7,10,12-15,19-20,23-25,28,38-39H,5,8-9,11H2,1-4H3,(H,34,35)(H2,30,31,32)/t14?,15-,19+,20+,23?,24+,25+,28+/m0/s1. The second-order valence-electron chi connectivity index (χ2n) is 12.8. The molecule has 0 radical (unpaired) electrons. The van der Waals surface area contributed by atoms with Gasteiger partial charge in [-0.15, -0.1) is 0 Å². The van der Waals surface area contributed by atoms with E-state index < -0.39 is 24.5 Å². The summed E-state index contributed by atoms with van der Waals surface area (Å²) in [5.74, 6) is 1.42. The lowest BCUT2D eigenvalue weighted by molar-refractivity contribution is -0.219. The van der Waals surface area contributed by atoms with Crippen molar-refractivity contribution in [3.63, 3.8) is 0 Å². The molecule has 218 valence electrons. The molecule has 3 fully saturated rings.